The van der Waals surface area contributed by atoms with Crippen LogP contribution in [0.1, 0.15) is 29.8 Å². The third-order valence-electron chi connectivity index (χ3n) is 3.27. The second-order valence-corrected chi connectivity index (χ2v) is 4.76. The zero-order valence-corrected chi connectivity index (χ0v) is 12.8. The van der Waals surface area contributed by atoms with Crippen molar-refractivity contribution >= 4 is 11.9 Å². The lowest BCUT2D eigenvalue weighted by Crippen LogP contribution is -2.42. The number of amides is 1. The maximum atomic E-state index is 13.7. The molecule has 0 spiro atoms. The van der Waals surface area contributed by atoms with Gasteiger partial charge in [-0.2, -0.15) is 0 Å². The van der Waals surface area contributed by atoms with Crippen LogP contribution in [-0.4, -0.2) is 43.5 Å². The predicted molar refractivity (Wildman–Crippen MR) is 77.4 cm³/mol. The number of benzene rings is 1. The molecule has 1 aromatic carbocycles. The normalized spacial score (nSPS) is 11.9. The summed E-state index contributed by atoms with van der Waals surface area (Å²) in [6.07, 6.45) is 0. The van der Waals surface area contributed by atoms with Gasteiger partial charge in [0.2, 0.25) is 5.91 Å². The van der Waals surface area contributed by atoms with Crippen LogP contribution in [0.25, 0.3) is 0 Å². The Morgan fingerprint density at radius 1 is 1.43 bits per heavy atom. The summed E-state index contributed by atoms with van der Waals surface area (Å²) in [4.78, 5) is 24.8. The molecule has 0 bridgehead atoms. The molecule has 0 heterocycles. The summed E-state index contributed by atoms with van der Waals surface area (Å²) in [5.74, 6) is -1.37. The lowest BCUT2D eigenvalue weighted by Gasteiger charge is -2.20. The minimum Gasteiger partial charge on any atom is -0.465 e. The Labute approximate surface area is 124 Å². The number of carbonyl (C=O) groups excluding carboxylic acids is 2. The molecule has 1 atom stereocenters. The molecule has 0 aromatic heterocycles. The number of hydrogen-bond donors (Lipinski definition) is 1. The Balaban J connectivity index is 2.66. The third-order valence-corrected chi connectivity index (χ3v) is 3.27. The summed E-state index contributed by atoms with van der Waals surface area (Å²) in [5.41, 5.74) is 0.551. The van der Waals surface area contributed by atoms with Gasteiger partial charge in [-0.05, 0) is 31.5 Å². The first-order valence-electron chi connectivity index (χ1n) is 6.75. The van der Waals surface area contributed by atoms with Crippen LogP contribution < -0.4 is 5.32 Å². The van der Waals surface area contributed by atoms with Gasteiger partial charge in [0.15, 0.2) is 0 Å². The van der Waals surface area contributed by atoms with Crippen LogP contribution in [0.3, 0.4) is 0 Å². The molecule has 0 saturated heterocycles. The van der Waals surface area contributed by atoms with Crippen molar-refractivity contribution in [2.75, 3.05) is 20.7 Å². The molecule has 5 nitrogen and oxygen atoms in total. The molecule has 21 heavy (non-hydrogen) atoms. The standard InChI is InChI=1S/C15H21FN2O3/c1-5-18(3)14(19)10(2)17-9-11-6-7-12(13(16)8-11)15(20)21-4/h6-8,10,17H,5,9H2,1-4H3. The van der Waals surface area contributed by atoms with E-state index in [4.69, 9.17) is 0 Å². The van der Waals surface area contributed by atoms with Gasteiger partial charge in [-0.15, -0.1) is 0 Å². The average Bonchev–Trinajstić information content (AvgIpc) is 2.50. The van der Waals surface area contributed by atoms with Crippen LogP contribution in [-0.2, 0) is 16.1 Å². The topological polar surface area (TPSA) is 58.6 Å². The van der Waals surface area contributed by atoms with Gasteiger partial charge in [-0.3, -0.25) is 4.79 Å². The van der Waals surface area contributed by atoms with Crippen molar-refractivity contribution in [2.24, 2.45) is 0 Å². The first-order valence-corrected chi connectivity index (χ1v) is 6.75. The van der Waals surface area contributed by atoms with E-state index in [1.807, 2.05) is 6.92 Å². The van der Waals surface area contributed by atoms with Crippen LogP contribution >= 0.6 is 0 Å². The second-order valence-electron chi connectivity index (χ2n) is 4.76. The number of halogens is 1. The second kappa shape index (κ2) is 7.73. The van der Waals surface area contributed by atoms with Crippen molar-refractivity contribution in [1.29, 1.82) is 0 Å². The largest absolute Gasteiger partial charge is 0.465 e. The molecule has 1 aromatic rings. The van der Waals surface area contributed by atoms with Gasteiger partial charge >= 0.3 is 5.97 Å². The summed E-state index contributed by atoms with van der Waals surface area (Å²) < 4.78 is 18.2. The number of hydrogen-bond acceptors (Lipinski definition) is 4. The Hall–Kier alpha value is -1.95. The van der Waals surface area contributed by atoms with Crippen LogP contribution in [0.15, 0.2) is 18.2 Å². The minimum atomic E-state index is -0.708. The van der Waals surface area contributed by atoms with Crippen LogP contribution in [0, 0.1) is 5.82 Å². The number of nitrogens with zero attached hydrogens (tertiary/aromatic N) is 1. The fraction of sp³-hybridized carbons (Fsp3) is 0.467. The van der Waals surface area contributed by atoms with Gasteiger partial charge in [0.25, 0.3) is 0 Å². The summed E-state index contributed by atoms with van der Waals surface area (Å²) in [5, 5.41) is 3.03. The van der Waals surface area contributed by atoms with Gasteiger partial charge in [0.1, 0.15) is 5.82 Å². The van der Waals surface area contributed by atoms with Crippen LogP contribution in [0.2, 0.25) is 0 Å². The SMILES string of the molecule is CCN(C)C(=O)C(C)NCc1ccc(C(=O)OC)c(F)c1. The smallest absolute Gasteiger partial charge is 0.340 e. The van der Waals surface area contributed by atoms with Gasteiger partial charge in [-0.25, -0.2) is 9.18 Å². The van der Waals surface area contributed by atoms with Gasteiger partial charge < -0.3 is 15.0 Å². The summed E-state index contributed by atoms with van der Waals surface area (Å²) in [6.45, 7) is 4.62. The average molecular weight is 296 g/mol. The molecular weight excluding hydrogens is 275 g/mol. The highest BCUT2D eigenvalue weighted by atomic mass is 19.1. The van der Waals surface area contributed by atoms with Crippen molar-refractivity contribution in [3.63, 3.8) is 0 Å². The third kappa shape index (κ3) is 4.53. The summed E-state index contributed by atoms with van der Waals surface area (Å²) in [7, 11) is 2.93. The van der Waals surface area contributed by atoms with E-state index < -0.39 is 11.8 Å². The molecule has 0 radical (unpaired) electrons. The molecule has 116 valence electrons. The lowest BCUT2D eigenvalue weighted by atomic mass is 10.1. The molecule has 6 heteroatoms. The van der Waals surface area contributed by atoms with Crippen LogP contribution in [0.4, 0.5) is 4.39 Å². The first kappa shape index (κ1) is 17.1. The quantitative estimate of drug-likeness (QED) is 0.810. The van der Waals surface area contributed by atoms with Crippen molar-refractivity contribution in [1.82, 2.24) is 10.2 Å². The van der Waals surface area contributed by atoms with Gasteiger partial charge in [0.05, 0.1) is 18.7 Å². The Morgan fingerprint density at radius 2 is 2.10 bits per heavy atom. The number of likely N-dealkylation sites (N-methyl/N-ethyl adjacent to an activating group) is 1. The highest BCUT2D eigenvalue weighted by Crippen LogP contribution is 2.12. The molecule has 0 aliphatic heterocycles. The Morgan fingerprint density at radius 3 is 2.62 bits per heavy atom. The number of ether oxygens (including phenoxy) is 1. The van der Waals surface area contributed by atoms with Crippen LogP contribution in [0.5, 0.6) is 0 Å². The zero-order valence-electron chi connectivity index (χ0n) is 12.8. The number of esters is 1. The maximum absolute atomic E-state index is 13.7. The highest BCUT2D eigenvalue weighted by molar-refractivity contribution is 5.89. The molecule has 1 unspecified atom stereocenters. The molecule has 1 amide bonds. The number of methoxy groups -OCH3 is 1. The summed E-state index contributed by atoms with van der Waals surface area (Å²) in [6, 6.07) is 3.91. The fourth-order valence-corrected chi connectivity index (χ4v) is 1.79. The van der Waals surface area contributed by atoms with E-state index in [1.54, 1.807) is 24.9 Å². The maximum Gasteiger partial charge on any atom is 0.340 e. The van der Waals surface area contributed by atoms with E-state index in [-0.39, 0.29) is 17.5 Å². The van der Waals surface area contributed by atoms with E-state index in [0.717, 1.165) is 0 Å². The fourth-order valence-electron chi connectivity index (χ4n) is 1.79. The van der Waals surface area contributed by atoms with E-state index in [2.05, 4.69) is 10.1 Å². The number of nitrogens with one attached hydrogen (secondary N) is 1. The molecule has 0 saturated carbocycles. The summed E-state index contributed by atoms with van der Waals surface area (Å²) >= 11 is 0. The minimum absolute atomic E-state index is 0.0239. The van der Waals surface area contributed by atoms with Gasteiger partial charge in [0, 0.05) is 20.1 Å². The number of rotatable bonds is 6. The first-order chi connectivity index (χ1) is 9.90. The van der Waals surface area contributed by atoms with Crippen molar-refractivity contribution in [2.45, 2.75) is 26.4 Å². The molecule has 0 fully saturated rings. The predicted octanol–water partition coefficient (Wildman–Crippen LogP) is 1.57. The Bertz CT molecular complexity index is 520. The van der Waals surface area contributed by atoms with Crippen molar-refractivity contribution in [3.8, 4) is 0 Å². The molecule has 1 N–H and O–H groups in total. The Kier molecular flexibility index (Phi) is 6.30. The molecular formula is C15H21FN2O3. The van der Waals surface area contributed by atoms with Crippen molar-refractivity contribution < 1.29 is 18.7 Å². The highest BCUT2D eigenvalue weighted by Gasteiger charge is 2.16. The lowest BCUT2D eigenvalue weighted by molar-refractivity contribution is -0.131. The van der Waals surface area contributed by atoms with E-state index in [0.29, 0.717) is 18.7 Å². The van der Waals surface area contributed by atoms with Crippen molar-refractivity contribution in [3.05, 3.63) is 35.1 Å². The van der Waals surface area contributed by atoms with E-state index in [9.17, 15) is 14.0 Å². The van der Waals surface area contributed by atoms with E-state index in [1.165, 1.54) is 19.2 Å². The van der Waals surface area contributed by atoms with E-state index >= 15 is 0 Å². The molecule has 1 rings (SSSR count). The van der Waals surface area contributed by atoms with Gasteiger partial charge in [-0.1, -0.05) is 6.07 Å². The zero-order chi connectivity index (χ0) is 16.0. The molecule has 0 aliphatic rings. The molecule has 0 aliphatic carbocycles. The monoisotopic (exact) mass is 296 g/mol. The number of carbonyl (C=O) groups is 2.